The number of nitrogens with one attached hydrogen (secondary N) is 2. The van der Waals surface area contributed by atoms with Gasteiger partial charge in [-0.1, -0.05) is 18.9 Å². The van der Waals surface area contributed by atoms with Gasteiger partial charge in [-0.05, 0) is 37.9 Å². The topological polar surface area (TPSA) is 63.0 Å². The summed E-state index contributed by atoms with van der Waals surface area (Å²) in [4.78, 5) is 2.63. The lowest BCUT2D eigenvalue weighted by atomic mass is 10.2. The molecular weight excluding hydrogens is 272 g/mol. The second-order valence-corrected chi connectivity index (χ2v) is 6.67. The normalized spacial score (nSPS) is 11.2. The molecule has 2 aromatic heterocycles. The molecule has 0 bridgehead atoms. The van der Waals surface area contributed by atoms with Crippen LogP contribution in [0.4, 0.5) is 6.01 Å². The van der Waals surface area contributed by atoms with Crippen LogP contribution in [0, 0.1) is 19.8 Å². The van der Waals surface area contributed by atoms with E-state index in [1.54, 1.807) is 11.3 Å². The summed E-state index contributed by atoms with van der Waals surface area (Å²) in [6.45, 7) is 10.9. The Hall–Kier alpha value is -1.40. The van der Waals surface area contributed by atoms with Crippen LogP contribution in [0.2, 0.25) is 0 Å². The zero-order valence-electron chi connectivity index (χ0n) is 12.5. The molecule has 0 atom stereocenters. The van der Waals surface area contributed by atoms with Crippen LogP contribution in [0.25, 0.3) is 0 Å². The van der Waals surface area contributed by atoms with Crippen molar-refractivity contribution in [2.75, 3.05) is 11.9 Å². The van der Waals surface area contributed by atoms with Crippen LogP contribution in [0.15, 0.2) is 10.5 Å². The summed E-state index contributed by atoms with van der Waals surface area (Å²) in [6, 6.07) is 2.67. The third kappa shape index (κ3) is 4.31. The minimum atomic E-state index is 0.482. The summed E-state index contributed by atoms with van der Waals surface area (Å²) >= 11 is 1.79. The van der Waals surface area contributed by atoms with E-state index in [1.807, 2.05) is 0 Å². The zero-order valence-corrected chi connectivity index (χ0v) is 13.3. The number of anilines is 1. The van der Waals surface area contributed by atoms with E-state index in [-0.39, 0.29) is 0 Å². The van der Waals surface area contributed by atoms with Crippen LogP contribution in [0.1, 0.15) is 35.1 Å². The molecule has 2 rings (SSSR count). The Labute approximate surface area is 123 Å². The molecule has 0 aliphatic rings. The summed E-state index contributed by atoms with van der Waals surface area (Å²) in [7, 11) is 0. The van der Waals surface area contributed by atoms with Crippen LogP contribution < -0.4 is 10.6 Å². The average Bonchev–Trinajstić information content (AvgIpc) is 2.95. The first kappa shape index (κ1) is 15.0. The highest BCUT2D eigenvalue weighted by molar-refractivity contribution is 7.12. The molecule has 0 aromatic carbocycles. The first-order valence-electron chi connectivity index (χ1n) is 6.87. The van der Waals surface area contributed by atoms with Gasteiger partial charge in [0.1, 0.15) is 0 Å². The Kier molecular flexibility index (Phi) is 5.14. The molecule has 2 N–H and O–H groups in total. The fraction of sp³-hybridized carbons (Fsp3) is 0.571. The lowest BCUT2D eigenvalue weighted by Gasteiger charge is -2.03. The van der Waals surface area contributed by atoms with E-state index < -0.39 is 0 Å². The predicted octanol–water partition coefficient (Wildman–Crippen LogP) is 3.11. The number of rotatable bonds is 7. The van der Waals surface area contributed by atoms with Gasteiger partial charge in [-0.3, -0.25) is 0 Å². The van der Waals surface area contributed by atoms with E-state index in [0.29, 0.717) is 24.4 Å². The predicted molar refractivity (Wildman–Crippen MR) is 82.0 cm³/mol. The molecule has 0 spiro atoms. The van der Waals surface area contributed by atoms with Crippen LogP contribution in [-0.2, 0) is 13.1 Å². The molecule has 2 heterocycles. The minimum Gasteiger partial charge on any atom is -0.407 e. The molecule has 20 heavy (non-hydrogen) atoms. The van der Waals surface area contributed by atoms with Gasteiger partial charge in [0.25, 0.3) is 0 Å². The molecular formula is C14H22N4OS. The van der Waals surface area contributed by atoms with Crippen molar-refractivity contribution in [3.63, 3.8) is 0 Å². The van der Waals surface area contributed by atoms with Gasteiger partial charge in [0, 0.05) is 9.75 Å². The molecule has 0 amide bonds. The standard InChI is InChI=1S/C14H22N4OS/c1-9(2)6-15-8-13-17-18-14(19-13)16-7-12-5-10(3)11(4)20-12/h5,9,15H,6-8H2,1-4H3,(H,16,18). The van der Waals surface area contributed by atoms with Gasteiger partial charge < -0.3 is 15.1 Å². The van der Waals surface area contributed by atoms with Gasteiger partial charge in [-0.15, -0.1) is 16.4 Å². The van der Waals surface area contributed by atoms with Gasteiger partial charge in [0.15, 0.2) is 0 Å². The monoisotopic (exact) mass is 294 g/mol. The highest BCUT2D eigenvalue weighted by Crippen LogP contribution is 2.21. The van der Waals surface area contributed by atoms with Crippen LogP contribution in [-0.4, -0.2) is 16.7 Å². The number of hydrogen-bond acceptors (Lipinski definition) is 6. The molecule has 0 radical (unpaired) electrons. The molecule has 110 valence electrons. The Morgan fingerprint density at radius 3 is 2.70 bits per heavy atom. The Bertz CT molecular complexity index is 528. The molecule has 0 saturated heterocycles. The summed E-state index contributed by atoms with van der Waals surface area (Å²) < 4.78 is 5.53. The van der Waals surface area contributed by atoms with E-state index in [1.165, 1.54) is 15.3 Å². The van der Waals surface area contributed by atoms with Crippen molar-refractivity contribution >= 4 is 17.4 Å². The van der Waals surface area contributed by atoms with E-state index >= 15 is 0 Å². The SMILES string of the molecule is Cc1cc(CNc2nnc(CNCC(C)C)o2)sc1C. The third-order valence-corrected chi connectivity index (χ3v) is 4.08. The minimum absolute atomic E-state index is 0.482. The number of aromatic nitrogens is 2. The van der Waals surface area contributed by atoms with Crippen molar-refractivity contribution in [2.45, 2.75) is 40.8 Å². The van der Waals surface area contributed by atoms with Gasteiger partial charge in [0.05, 0.1) is 13.1 Å². The van der Waals surface area contributed by atoms with Crippen molar-refractivity contribution in [3.05, 3.63) is 27.3 Å². The van der Waals surface area contributed by atoms with E-state index in [4.69, 9.17) is 4.42 Å². The second kappa shape index (κ2) is 6.85. The number of thiophene rings is 1. The van der Waals surface area contributed by atoms with Crippen molar-refractivity contribution in [3.8, 4) is 0 Å². The van der Waals surface area contributed by atoms with Crippen LogP contribution in [0.5, 0.6) is 0 Å². The quantitative estimate of drug-likeness (QED) is 0.821. The molecule has 6 heteroatoms. The Balaban J connectivity index is 1.80. The fourth-order valence-corrected chi connectivity index (χ4v) is 2.76. The van der Waals surface area contributed by atoms with Crippen molar-refractivity contribution in [2.24, 2.45) is 5.92 Å². The first-order valence-corrected chi connectivity index (χ1v) is 7.69. The summed E-state index contributed by atoms with van der Waals surface area (Å²) in [5.41, 5.74) is 1.33. The van der Waals surface area contributed by atoms with Crippen molar-refractivity contribution in [1.29, 1.82) is 0 Å². The smallest absolute Gasteiger partial charge is 0.315 e. The Morgan fingerprint density at radius 2 is 2.05 bits per heavy atom. The molecule has 2 aromatic rings. The maximum absolute atomic E-state index is 5.53. The molecule has 0 aliphatic carbocycles. The second-order valence-electron chi connectivity index (χ2n) is 5.33. The van der Waals surface area contributed by atoms with Gasteiger partial charge in [-0.25, -0.2) is 0 Å². The lowest BCUT2D eigenvalue weighted by Crippen LogP contribution is -2.19. The zero-order chi connectivity index (χ0) is 14.5. The van der Waals surface area contributed by atoms with Crippen molar-refractivity contribution < 1.29 is 4.42 Å². The maximum atomic E-state index is 5.53. The highest BCUT2D eigenvalue weighted by Gasteiger charge is 2.07. The van der Waals surface area contributed by atoms with Crippen LogP contribution in [0.3, 0.4) is 0 Å². The first-order chi connectivity index (χ1) is 9.54. The molecule has 0 saturated carbocycles. The summed E-state index contributed by atoms with van der Waals surface area (Å²) in [5.74, 6) is 1.23. The number of aryl methyl sites for hydroxylation is 2. The Morgan fingerprint density at radius 1 is 1.25 bits per heavy atom. The summed E-state index contributed by atoms with van der Waals surface area (Å²) in [6.07, 6.45) is 0. The van der Waals surface area contributed by atoms with E-state index in [0.717, 1.165) is 13.1 Å². The molecule has 0 unspecified atom stereocenters. The lowest BCUT2D eigenvalue weighted by molar-refractivity contribution is 0.458. The van der Waals surface area contributed by atoms with Gasteiger partial charge in [0.2, 0.25) is 5.89 Å². The number of nitrogens with zero attached hydrogens (tertiary/aromatic N) is 2. The highest BCUT2D eigenvalue weighted by atomic mass is 32.1. The van der Waals surface area contributed by atoms with E-state index in [2.05, 4.69) is 54.6 Å². The van der Waals surface area contributed by atoms with E-state index in [9.17, 15) is 0 Å². The fourth-order valence-electron chi connectivity index (χ4n) is 1.76. The molecule has 0 aliphatic heterocycles. The van der Waals surface area contributed by atoms with Gasteiger partial charge >= 0.3 is 6.01 Å². The van der Waals surface area contributed by atoms with Crippen molar-refractivity contribution in [1.82, 2.24) is 15.5 Å². The average molecular weight is 294 g/mol. The summed E-state index contributed by atoms with van der Waals surface area (Å²) in [5, 5.41) is 14.4. The number of hydrogen-bond donors (Lipinski definition) is 2. The van der Waals surface area contributed by atoms with Crippen LogP contribution >= 0.6 is 11.3 Å². The third-order valence-electron chi connectivity index (χ3n) is 2.93. The van der Waals surface area contributed by atoms with Gasteiger partial charge in [-0.2, -0.15) is 0 Å². The maximum Gasteiger partial charge on any atom is 0.315 e. The molecule has 0 fully saturated rings. The molecule has 5 nitrogen and oxygen atoms in total. The largest absolute Gasteiger partial charge is 0.407 e.